The molecule has 1 atom stereocenters. The molecule has 0 fully saturated rings. The number of thiol groups is 1. The second-order valence-electron chi connectivity index (χ2n) is 3.54. The van der Waals surface area contributed by atoms with Crippen LogP contribution in [0.5, 0.6) is 0 Å². The smallest absolute Gasteiger partial charge is 0.168 e. The Kier molecular flexibility index (Phi) is 4.14. The van der Waals surface area contributed by atoms with Crippen LogP contribution in [0.25, 0.3) is 0 Å². The Labute approximate surface area is 86.9 Å². The quantitative estimate of drug-likeness (QED) is 0.778. The van der Waals surface area contributed by atoms with Crippen molar-refractivity contribution in [2.24, 2.45) is 0 Å². The summed E-state index contributed by atoms with van der Waals surface area (Å²) in [7, 11) is -2.44. The van der Waals surface area contributed by atoms with Crippen LogP contribution < -0.4 is 0 Å². The van der Waals surface area contributed by atoms with E-state index < -0.39 is 10.7 Å². The van der Waals surface area contributed by atoms with Crippen LogP contribution in [0.3, 0.4) is 0 Å². The molecule has 1 rings (SSSR count). The van der Waals surface area contributed by atoms with Gasteiger partial charge in [-0.05, 0) is 30.0 Å². The second kappa shape index (κ2) is 5.15. The van der Waals surface area contributed by atoms with E-state index in [-0.39, 0.29) is 0 Å². The lowest BCUT2D eigenvalue weighted by atomic mass is 9.97. The van der Waals surface area contributed by atoms with E-state index in [0.29, 0.717) is 10.8 Å². The maximum atomic E-state index is 10.6. The Bertz CT molecular complexity index is 344. The summed E-state index contributed by atoms with van der Waals surface area (Å²) in [4.78, 5) is 0.396. The van der Waals surface area contributed by atoms with Crippen LogP contribution in [0.1, 0.15) is 38.2 Å². The molecule has 0 N–H and O–H groups in total. The van der Waals surface area contributed by atoms with E-state index in [1.165, 1.54) is 5.56 Å². The molecule has 0 aromatic heterocycles. The molecule has 3 heteroatoms. The van der Waals surface area contributed by atoms with Crippen molar-refractivity contribution in [3.8, 4) is 0 Å². The van der Waals surface area contributed by atoms with Crippen LogP contribution in [0.2, 0.25) is 0 Å². The standard InChI is InChI=1S/C11H16O2S/c1-3-4-9(2)10-5-7-11(8-6-10)14(12)13/h5-9,14H,3-4H2,1-2H3. The van der Waals surface area contributed by atoms with Gasteiger partial charge in [-0.25, -0.2) is 8.42 Å². The predicted octanol–water partition coefficient (Wildman–Crippen LogP) is 2.56. The SMILES string of the molecule is CCCC(C)c1ccc([SH](=O)=O)cc1. The van der Waals surface area contributed by atoms with Crippen LogP contribution >= 0.6 is 0 Å². The van der Waals surface area contributed by atoms with Crippen molar-refractivity contribution in [2.45, 2.75) is 37.5 Å². The molecule has 0 radical (unpaired) electrons. The van der Waals surface area contributed by atoms with Crippen molar-refractivity contribution in [1.29, 1.82) is 0 Å². The molecule has 1 aromatic carbocycles. The predicted molar refractivity (Wildman–Crippen MR) is 58.3 cm³/mol. The maximum absolute atomic E-state index is 10.6. The van der Waals surface area contributed by atoms with Crippen molar-refractivity contribution in [1.82, 2.24) is 0 Å². The lowest BCUT2D eigenvalue weighted by Crippen LogP contribution is -1.92. The number of rotatable bonds is 4. The highest BCUT2D eigenvalue weighted by Crippen LogP contribution is 2.20. The first-order chi connectivity index (χ1) is 6.65. The fraction of sp³-hybridized carbons (Fsp3) is 0.455. The summed E-state index contributed by atoms with van der Waals surface area (Å²) in [5.74, 6) is 0.513. The van der Waals surface area contributed by atoms with Gasteiger partial charge >= 0.3 is 0 Å². The summed E-state index contributed by atoms with van der Waals surface area (Å²) in [6, 6.07) is 7.15. The van der Waals surface area contributed by atoms with Crippen LogP contribution in [-0.2, 0) is 10.7 Å². The summed E-state index contributed by atoms with van der Waals surface area (Å²) in [5.41, 5.74) is 1.22. The van der Waals surface area contributed by atoms with E-state index in [1.54, 1.807) is 12.1 Å². The fourth-order valence-corrected chi connectivity index (χ4v) is 1.92. The third-order valence-corrected chi connectivity index (χ3v) is 3.11. The molecule has 0 spiro atoms. The molecule has 0 aliphatic heterocycles. The van der Waals surface area contributed by atoms with Gasteiger partial charge in [0, 0.05) is 0 Å². The first kappa shape index (κ1) is 11.2. The van der Waals surface area contributed by atoms with Crippen LogP contribution in [0.15, 0.2) is 29.2 Å². The van der Waals surface area contributed by atoms with Crippen molar-refractivity contribution >= 4 is 10.7 Å². The second-order valence-corrected chi connectivity index (χ2v) is 4.57. The van der Waals surface area contributed by atoms with Crippen molar-refractivity contribution < 1.29 is 8.42 Å². The van der Waals surface area contributed by atoms with E-state index in [2.05, 4.69) is 13.8 Å². The highest BCUT2D eigenvalue weighted by Gasteiger charge is 2.04. The molecule has 0 aliphatic rings. The van der Waals surface area contributed by atoms with Crippen LogP contribution in [0, 0.1) is 0 Å². The normalized spacial score (nSPS) is 13.1. The van der Waals surface area contributed by atoms with Crippen molar-refractivity contribution in [3.63, 3.8) is 0 Å². The van der Waals surface area contributed by atoms with Crippen LogP contribution in [-0.4, -0.2) is 8.42 Å². The van der Waals surface area contributed by atoms with Gasteiger partial charge in [0.15, 0.2) is 10.7 Å². The minimum atomic E-state index is -2.44. The van der Waals surface area contributed by atoms with E-state index in [9.17, 15) is 8.42 Å². The zero-order valence-corrected chi connectivity index (χ0v) is 9.46. The van der Waals surface area contributed by atoms with Gasteiger partial charge in [0.05, 0.1) is 4.90 Å². The molecule has 0 bridgehead atoms. The lowest BCUT2D eigenvalue weighted by Gasteiger charge is -2.09. The summed E-state index contributed by atoms with van der Waals surface area (Å²) < 4.78 is 21.3. The summed E-state index contributed by atoms with van der Waals surface area (Å²) >= 11 is 0. The topological polar surface area (TPSA) is 34.1 Å². The molecule has 14 heavy (non-hydrogen) atoms. The van der Waals surface area contributed by atoms with Gasteiger partial charge in [-0.2, -0.15) is 0 Å². The summed E-state index contributed by atoms with van der Waals surface area (Å²) in [6.07, 6.45) is 2.29. The first-order valence-corrected chi connectivity index (χ1v) is 6.07. The molecule has 1 unspecified atom stereocenters. The highest BCUT2D eigenvalue weighted by molar-refractivity contribution is 7.72. The van der Waals surface area contributed by atoms with Crippen LogP contribution in [0.4, 0.5) is 0 Å². The third kappa shape index (κ3) is 2.84. The lowest BCUT2D eigenvalue weighted by molar-refractivity contribution is 0.614. The minimum absolute atomic E-state index is 0.396. The number of hydrogen-bond donors (Lipinski definition) is 1. The molecular formula is C11H16O2S. The molecule has 78 valence electrons. The van der Waals surface area contributed by atoms with Gasteiger partial charge in [-0.1, -0.05) is 32.4 Å². The van der Waals surface area contributed by atoms with E-state index in [0.717, 1.165) is 12.8 Å². The van der Waals surface area contributed by atoms with Gasteiger partial charge in [0.25, 0.3) is 0 Å². The van der Waals surface area contributed by atoms with Gasteiger partial charge in [-0.15, -0.1) is 0 Å². The molecule has 2 nitrogen and oxygen atoms in total. The Morgan fingerprint density at radius 3 is 2.21 bits per heavy atom. The van der Waals surface area contributed by atoms with E-state index in [1.807, 2.05) is 12.1 Å². The first-order valence-electron chi connectivity index (χ1n) is 4.89. The molecule has 0 saturated heterocycles. The van der Waals surface area contributed by atoms with Crippen molar-refractivity contribution in [3.05, 3.63) is 29.8 Å². The minimum Gasteiger partial charge on any atom is -0.227 e. The van der Waals surface area contributed by atoms with Gasteiger partial charge in [-0.3, -0.25) is 0 Å². The largest absolute Gasteiger partial charge is 0.227 e. The van der Waals surface area contributed by atoms with E-state index >= 15 is 0 Å². The van der Waals surface area contributed by atoms with Gasteiger partial charge in [0.1, 0.15) is 0 Å². The Balaban J connectivity index is 2.82. The Morgan fingerprint density at radius 1 is 1.21 bits per heavy atom. The van der Waals surface area contributed by atoms with E-state index in [4.69, 9.17) is 0 Å². The van der Waals surface area contributed by atoms with Gasteiger partial charge < -0.3 is 0 Å². The molecule has 0 aliphatic carbocycles. The maximum Gasteiger partial charge on any atom is 0.168 e. The average molecular weight is 212 g/mol. The zero-order chi connectivity index (χ0) is 10.6. The summed E-state index contributed by atoms with van der Waals surface area (Å²) in [6.45, 7) is 4.31. The Hall–Kier alpha value is -0.830. The molecule has 1 aromatic rings. The summed E-state index contributed by atoms with van der Waals surface area (Å²) in [5, 5.41) is 0. The molecular weight excluding hydrogens is 196 g/mol. The monoisotopic (exact) mass is 212 g/mol. The van der Waals surface area contributed by atoms with Gasteiger partial charge in [0.2, 0.25) is 0 Å². The number of benzene rings is 1. The third-order valence-electron chi connectivity index (χ3n) is 2.39. The number of hydrogen-bond acceptors (Lipinski definition) is 2. The molecule has 0 amide bonds. The highest BCUT2D eigenvalue weighted by atomic mass is 32.2. The van der Waals surface area contributed by atoms with Crippen molar-refractivity contribution in [2.75, 3.05) is 0 Å². The molecule has 0 heterocycles. The molecule has 0 saturated carbocycles. The zero-order valence-electron chi connectivity index (χ0n) is 8.56. The Morgan fingerprint density at radius 2 is 1.79 bits per heavy atom. The fourth-order valence-electron chi connectivity index (χ4n) is 1.52. The average Bonchev–Trinajstić information content (AvgIpc) is 2.18.